The average molecular weight is 659 g/mol. The summed E-state index contributed by atoms with van der Waals surface area (Å²) in [5, 5.41) is 0. The summed E-state index contributed by atoms with van der Waals surface area (Å²) in [7, 11) is 0. The van der Waals surface area contributed by atoms with Gasteiger partial charge in [0.25, 0.3) is 0 Å². The van der Waals surface area contributed by atoms with Crippen molar-refractivity contribution in [3.05, 3.63) is 0 Å². The maximum atomic E-state index is 0. The number of hydrogen-bond acceptors (Lipinski definition) is 0. The van der Waals surface area contributed by atoms with E-state index in [1.165, 1.54) is 0 Å². The molecule has 0 saturated carbocycles. The van der Waals surface area contributed by atoms with Crippen LogP contribution in [0.25, 0.3) is 0 Å². The van der Waals surface area contributed by atoms with E-state index in [4.69, 9.17) is 0 Å². The Hall–Kier alpha value is 5.49. The van der Waals surface area contributed by atoms with Crippen molar-refractivity contribution in [2.24, 2.45) is 0 Å². The van der Waals surface area contributed by atoms with Crippen molar-refractivity contribution in [2.45, 2.75) is 0 Å². The molecule has 0 aliphatic rings. The van der Waals surface area contributed by atoms with Crippen LogP contribution in [0, 0.1) is 40.4 Å². The third kappa shape index (κ3) is 59.1. The topological polar surface area (TPSA) is 0 Å². The van der Waals surface area contributed by atoms with Crippen molar-refractivity contribution in [3.8, 4) is 0 Å². The van der Waals surface area contributed by atoms with Gasteiger partial charge in [-0.3, -0.25) is 0 Å². The van der Waals surface area contributed by atoms with Crippen molar-refractivity contribution >= 4 is 0 Å². The van der Waals surface area contributed by atoms with Crippen LogP contribution < -0.4 is 0 Å². The summed E-state index contributed by atoms with van der Waals surface area (Å²) in [5.41, 5.74) is 0. The molecule has 94 valence electrons. The number of hydrogen-bond donors (Lipinski definition) is 0. The Balaban J connectivity index is 0. The van der Waals surface area contributed by atoms with E-state index in [2.05, 4.69) is 0 Å². The molecule has 0 heterocycles. The van der Waals surface area contributed by atoms with Gasteiger partial charge < -0.3 is 0 Å². The molecule has 0 spiro atoms. The number of rotatable bonds is 0. The molecule has 0 amide bonds. The Morgan fingerprint density at radius 2 is 0.222 bits per heavy atom. The summed E-state index contributed by atoms with van der Waals surface area (Å²) in [6, 6.07) is 0. The summed E-state index contributed by atoms with van der Waals surface area (Å²) < 4.78 is 0. The van der Waals surface area contributed by atoms with Gasteiger partial charge in [0.2, 0.25) is 0 Å². The van der Waals surface area contributed by atoms with E-state index in [9.17, 15) is 0 Å². The third-order valence-electron chi connectivity index (χ3n) is 0. The summed E-state index contributed by atoms with van der Waals surface area (Å²) in [6.45, 7) is 0. The standard InChI is InChI=1S/8Cu.Sm. The molecule has 0 aromatic carbocycles. The second kappa shape index (κ2) is 69.8. The predicted octanol–water partition coefficient (Wildman–Crippen LogP) is -0.0200. The zero-order chi connectivity index (χ0) is 0. The minimum absolute atomic E-state index is 0. The monoisotopic (exact) mass is 655 g/mol. The van der Waals surface area contributed by atoms with Gasteiger partial charge in [-0.1, -0.05) is 0 Å². The Bertz CT molecular complexity index is 4.53. The third-order valence-corrected chi connectivity index (χ3v) is 0. The summed E-state index contributed by atoms with van der Waals surface area (Å²) >= 11 is 0. The molecule has 0 aromatic rings. The van der Waals surface area contributed by atoms with E-state index in [1.807, 2.05) is 0 Å². The summed E-state index contributed by atoms with van der Waals surface area (Å²) in [5.74, 6) is 0. The molecule has 0 unspecified atom stereocenters. The summed E-state index contributed by atoms with van der Waals surface area (Å²) in [4.78, 5) is 0. The summed E-state index contributed by atoms with van der Waals surface area (Å²) in [6.07, 6.45) is 0. The van der Waals surface area contributed by atoms with Gasteiger partial charge >= 0.3 is 0 Å². The molecule has 0 saturated heterocycles. The smallest absolute Gasteiger partial charge is 0 e. The molecule has 8 radical (unpaired) electrons. The van der Waals surface area contributed by atoms with Crippen molar-refractivity contribution in [1.82, 2.24) is 0 Å². The van der Waals surface area contributed by atoms with Crippen LogP contribution in [0.5, 0.6) is 0 Å². The van der Waals surface area contributed by atoms with Gasteiger partial charge in [-0.05, 0) is 0 Å². The van der Waals surface area contributed by atoms with Crippen LogP contribution in [0.1, 0.15) is 0 Å². The Kier molecular flexibility index (Phi) is 678. The Morgan fingerprint density at radius 3 is 0.222 bits per heavy atom. The fraction of sp³-hybridized carbons (Fsp3) is 0. The van der Waals surface area contributed by atoms with Crippen LogP contribution in [0.4, 0.5) is 0 Å². The Labute approximate surface area is 173 Å². The molecule has 9 heavy (non-hydrogen) atoms. The van der Waals surface area contributed by atoms with Gasteiger partial charge in [0.15, 0.2) is 0 Å². The van der Waals surface area contributed by atoms with Crippen LogP contribution in [-0.4, -0.2) is 0 Å². The molecule has 9 heteroatoms. The first-order valence-electron chi connectivity index (χ1n) is 0. The second-order valence-corrected chi connectivity index (χ2v) is 0. The molecule has 0 N–H and O–H groups in total. The molecule has 0 nitrogen and oxygen atoms in total. The van der Waals surface area contributed by atoms with Crippen molar-refractivity contribution in [2.75, 3.05) is 0 Å². The molecule has 0 aliphatic carbocycles. The largest absolute Gasteiger partial charge is 0 e. The Morgan fingerprint density at radius 1 is 0.222 bits per heavy atom. The van der Waals surface area contributed by atoms with Crippen LogP contribution >= 0.6 is 0 Å². The van der Waals surface area contributed by atoms with E-state index < -0.39 is 0 Å². The van der Waals surface area contributed by atoms with E-state index in [0.29, 0.717) is 0 Å². The van der Waals surface area contributed by atoms with Crippen LogP contribution in [0.2, 0.25) is 0 Å². The van der Waals surface area contributed by atoms with E-state index in [1.54, 1.807) is 0 Å². The molecular formula is Cu8Sm. The normalized spacial score (nSPS) is 0. The first-order chi connectivity index (χ1) is 0. The molecule has 0 aliphatic heterocycles. The predicted molar refractivity (Wildman–Crippen MR) is 0 cm³/mol. The van der Waals surface area contributed by atoms with Crippen LogP contribution in [-0.2, 0) is 137 Å². The minimum atomic E-state index is 0. The molecule has 0 rings (SSSR count). The fourth-order valence-electron chi connectivity index (χ4n) is 0. The minimum Gasteiger partial charge on any atom is 0 e. The van der Waals surface area contributed by atoms with Gasteiger partial charge in [-0.25, -0.2) is 0 Å². The zero-order valence-electron chi connectivity index (χ0n) is 2.82. The van der Waals surface area contributed by atoms with E-state index >= 15 is 0 Å². The van der Waals surface area contributed by atoms with Crippen molar-refractivity contribution < 1.29 is 177 Å². The maximum absolute atomic E-state index is 0. The van der Waals surface area contributed by atoms with Gasteiger partial charge in [-0.15, -0.1) is 0 Å². The van der Waals surface area contributed by atoms with Gasteiger partial charge in [0.05, 0.1) is 0 Å². The van der Waals surface area contributed by atoms with Gasteiger partial charge in [-0.2, -0.15) is 0 Å². The van der Waals surface area contributed by atoms with Crippen molar-refractivity contribution in [3.63, 3.8) is 0 Å². The molecule has 0 fully saturated rings. The van der Waals surface area contributed by atoms with Crippen molar-refractivity contribution in [1.29, 1.82) is 0 Å². The molecule has 0 aromatic heterocycles. The maximum Gasteiger partial charge on any atom is 0 e. The molecule has 0 bridgehead atoms. The van der Waals surface area contributed by atoms with Crippen LogP contribution in [0.3, 0.4) is 0 Å². The average Bonchev–Trinajstić information content (AvgIpc) is 0. The van der Waals surface area contributed by atoms with E-state index in [0.717, 1.165) is 0 Å². The first kappa shape index (κ1) is 87.4. The van der Waals surface area contributed by atoms with Gasteiger partial charge in [0, 0.05) is 177 Å². The SMILES string of the molecule is [Cu].[Cu].[Cu].[Cu].[Cu].[Cu].[Cu].[Cu].[Sm]. The second-order valence-electron chi connectivity index (χ2n) is 0. The first-order valence-corrected chi connectivity index (χ1v) is 0. The van der Waals surface area contributed by atoms with Gasteiger partial charge in [0.1, 0.15) is 0 Å². The van der Waals surface area contributed by atoms with E-state index in [-0.39, 0.29) is 177 Å². The quantitative estimate of drug-likeness (QED) is 0.322. The van der Waals surface area contributed by atoms with Crippen LogP contribution in [0.15, 0.2) is 0 Å². The molecule has 0 atom stereocenters. The fourth-order valence-corrected chi connectivity index (χ4v) is 0. The zero-order valence-corrected chi connectivity index (χ0v) is 13.0. The molecular weight excluding hydrogens is 659 g/mol.